The first-order valence-electron chi connectivity index (χ1n) is 11.7. The van der Waals surface area contributed by atoms with Gasteiger partial charge in [0, 0.05) is 40.0 Å². The van der Waals surface area contributed by atoms with E-state index in [4.69, 9.17) is 14.2 Å². The maximum absolute atomic E-state index is 6.04. The zero-order valence-corrected chi connectivity index (χ0v) is 18.5. The van der Waals surface area contributed by atoms with Crippen molar-refractivity contribution in [2.45, 2.75) is 76.7 Å². The Morgan fingerprint density at radius 1 is 1.00 bits per heavy atom. The normalized spacial score (nSPS) is 19.0. The number of nitrogens with one attached hydrogen (secondary N) is 2. The molecule has 0 atom stereocenters. The lowest BCUT2D eigenvalue weighted by molar-refractivity contribution is -0.0390. The van der Waals surface area contributed by atoms with E-state index in [0.717, 1.165) is 58.1 Å². The van der Waals surface area contributed by atoms with Crippen LogP contribution in [0.5, 0.6) is 0 Å². The smallest absolute Gasteiger partial charge is 0.191 e. The number of guanidine groups is 1. The van der Waals surface area contributed by atoms with E-state index in [1.54, 1.807) is 0 Å². The van der Waals surface area contributed by atoms with Gasteiger partial charge in [0.25, 0.3) is 0 Å². The van der Waals surface area contributed by atoms with E-state index in [2.05, 4.69) is 39.9 Å². The van der Waals surface area contributed by atoms with Crippen molar-refractivity contribution in [3.63, 3.8) is 0 Å². The maximum Gasteiger partial charge on any atom is 0.191 e. The Balaban J connectivity index is 1.31. The lowest BCUT2D eigenvalue weighted by Gasteiger charge is -2.22. The van der Waals surface area contributed by atoms with Gasteiger partial charge in [-0.3, -0.25) is 4.99 Å². The number of ether oxygens (including phenoxy) is 3. The number of benzene rings is 1. The van der Waals surface area contributed by atoms with Crippen molar-refractivity contribution >= 4 is 5.96 Å². The van der Waals surface area contributed by atoms with Gasteiger partial charge in [-0.05, 0) is 43.2 Å². The van der Waals surface area contributed by atoms with Crippen molar-refractivity contribution in [1.82, 2.24) is 10.6 Å². The Kier molecular flexibility index (Phi) is 10.5. The lowest BCUT2D eigenvalue weighted by Crippen LogP contribution is -2.37. The Labute approximate surface area is 181 Å². The van der Waals surface area contributed by atoms with Crippen molar-refractivity contribution in [2.75, 3.05) is 33.4 Å². The number of rotatable bonds is 10. The minimum atomic E-state index is 0.325. The van der Waals surface area contributed by atoms with Gasteiger partial charge in [0.15, 0.2) is 5.96 Å². The van der Waals surface area contributed by atoms with Crippen LogP contribution in [0.1, 0.15) is 62.5 Å². The molecule has 3 rings (SSSR count). The molecule has 0 bridgehead atoms. The van der Waals surface area contributed by atoms with Gasteiger partial charge in [-0.15, -0.1) is 0 Å². The summed E-state index contributed by atoms with van der Waals surface area (Å²) in [6.45, 7) is 4.71. The summed E-state index contributed by atoms with van der Waals surface area (Å²) in [4.78, 5) is 4.33. The van der Waals surface area contributed by atoms with Crippen molar-refractivity contribution in [3.05, 3.63) is 35.4 Å². The summed E-state index contributed by atoms with van der Waals surface area (Å²) in [5, 5.41) is 6.78. The maximum atomic E-state index is 6.04. The predicted octanol–water partition coefficient (Wildman–Crippen LogP) is 3.79. The summed E-state index contributed by atoms with van der Waals surface area (Å²) in [5.74, 6) is 0.830. The molecular weight excluding hydrogens is 378 g/mol. The van der Waals surface area contributed by atoms with Crippen LogP contribution < -0.4 is 10.6 Å². The molecule has 2 N–H and O–H groups in total. The molecule has 0 unspecified atom stereocenters. The second-order valence-electron chi connectivity index (χ2n) is 8.28. The molecule has 1 saturated carbocycles. The van der Waals surface area contributed by atoms with Gasteiger partial charge >= 0.3 is 0 Å². The fourth-order valence-electron chi connectivity index (χ4n) is 4.05. The largest absolute Gasteiger partial charge is 0.381 e. The monoisotopic (exact) mass is 417 g/mol. The molecule has 0 radical (unpaired) electrons. The van der Waals surface area contributed by atoms with Crippen LogP contribution in [0.25, 0.3) is 0 Å². The molecule has 1 saturated heterocycles. The van der Waals surface area contributed by atoms with Gasteiger partial charge in [0.2, 0.25) is 0 Å². The summed E-state index contributed by atoms with van der Waals surface area (Å²) in [6, 6.07) is 8.56. The predicted molar refractivity (Wildman–Crippen MR) is 121 cm³/mol. The van der Waals surface area contributed by atoms with E-state index < -0.39 is 0 Å². The second kappa shape index (κ2) is 13.6. The van der Waals surface area contributed by atoms with Crippen LogP contribution in [0, 0.1) is 0 Å². The summed E-state index contributed by atoms with van der Waals surface area (Å²) < 4.78 is 17.4. The molecule has 6 nitrogen and oxygen atoms in total. The molecule has 168 valence electrons. The highest BCUT2D eigenvalue weighted by molar-refractivity contribution is 5.79. The van der Waals surface area contributed by atoms with Crippen molar-refractivity contribution < 1.29 is 14.2 Å². The third kappa shape index (κ3) is 8.62. The van der Waals surface area contributed by atoms with Gasteiger partial charge < -0.3 is 24.8 Å². The van der Waals surface area contributed by atoms with Gasteiger partial charge in [-0.2, -0.15) is 0 Å². The van der Waals surface area contributed by atoms with Crippen molar-refractivity contribution in [3.8, 4) is 0 Å². The standard InChI is InChI=1S/C24H39N3O3/c1-25-24(26-13-6-14-29-22-9-3-2-4-10-22)27-18-20-7-5-8-21(17-20)19-30-23-11-15-28-16-12-23/h5,7-8,17,22-23H,2-4,6,9-16,18-19H2,1H3,(H2,25,26,27). The third-order valence-corrected chi connectivity index (χ3v) is 5.85. The fraction of sp³-hybridized carbons (Fsp3) is 0.708. The first-order chi connectivity index (χ1) is 14.8. The number of hydrogen-bond donors (Lipinski definition) is 2. The Morgan fingerprint density at radius 2 is 1.77 bits per heavy atom. The molecule has 6 heteroatoms. The molecule has 0 aromatic heterocycles. The van der Waals surface area contributed by atoms with Crippen LogP contribution in [0.3, 0.4) is 0 Å². The Morgan fingerprint density at radius 3 is 2.57 bits per heavy atom. The number of nitrogens with zero attached hydrogens (tertiary/aromatic N) is 1. The summed E-state index contributed by atoms with van der Waals surface area (Å²) in [7, 11) is 1.81. The van der Waals surface area contributed by atoms with Gasteiger partial charge in [-0.1, -0.05) is 43.5 Å². The van der Waals surface area contributed by atoms with Crippen LogP contribution in [-0.2, 0) is 27.4 Å². The van der Waals surface area contributed by atoms with Crippen LogP contribution in [0.15, 0.2) is 29.3 Å². The molecular formula is C24H39N3O3. The zero-order valence-electron chi connectivity index (χ0n) is 18.5. The molecule has 1 aromatic rings. The van der Waals surface area contributed by atoms with E-state index in [1.165, 1.54) is 43.2 Å². The highest BCUT2D eigenvalue weighted by Gasteiger charge is 2.14. The van der Waals surface area contributed by atoms with Gasteiger partial charge in [-0.25, -0.2) is 0 Å². The first-order valence-corrected chi connectivity index (χ1v) is 11.7. The zero-order chi connectivity index (χ0) is 20.9. The van der Waals surface area contributed by atoms with Crippen LogP contribution >= 0.6 is 0 Å². The van der Waals surface area contributed by atoms with E-state index in [0.29, 0.717) is 18.8 Å². The van der Waals surface area contributed by atoms with Crippen LogP contribution in [0.4, 0.5) is 0 Å². The molecule has 1 heterocycles. The summed E-state index contributed by atoms with van der Waals surface area (Å²) in [6.07, 6.45) is 10.3. The highest BCUT2D eigenvalue weighted by Crippen LogP contribution is 2.20. The molecule has 30 heavy (non-hydrogen) atoms. The van der Waals surface area contributed by atoms with E-state index in [1.807, 2.05) is 7.05 Å². The minimum Gasteiger partial charge on any atom is -0.381 e. The topological polar surface area (TPSA) is 64.1 Å². The molecule has 2 aliphatic rings. The van der Waals surface area contributed by atoms with Crippen LogP contribution in [0.2, 0.25) is 0 Å². The second-order valence-corrected chi connectivity index (χ2v) is 8.28. The van der Waals surface area contributed by atoms with Gasteiger partial charge in [0.05, 0.1) is 18.8 Å². The summed E-state index contributed by atoms with van der Waals surface area (Å²) in [5.41, 5.74) is 2.44. The van der Waals surface area contributed by atoms with E-state index in [-0.39, 0.29) is 0 Å². The van der Waals surface area contributed by atoms with E-state index in [9.17, 15) is 0 Å². The third-order valence-electron chi connectivity index (χ3n) is 5.85. The Hall–Kier alpha value is -1.63. The van der Waals surface area contributed by atoms with E-state index >= 15 is 0 Å². The molecule has 1 aliphatic heterocycles. The molecule has 1 aromatic carbocycles. The average Bonchev–Trinajstić information content (AvgIpc) is 2.81. The number of hydrogen-bond acceptors (Lipinski definition) is 4. The summed E-state index contributed by atoms with van der Waals surface area (Å²) >= 11 is 0. The van der Waals surface area contributed by atoms with Gasteiger partial charge in [0.1, 0.15) is 0 Å². The van der Waals surface area contributed by atoms with Crippen molar-refractivity contribution in [2.24, 2.45) is 4.99 Å². The first kappa shape index (κ1) is 23.0. The van der Waals surface area contributed by atoms with Crippen LogP contribution in [-0.4, -0.2) is 51.6 Å². The minimum absolute atomic E-state index is 0.325. The Bertz CT molecular complexity index is 626. The molecule has 0 spiro atoms. The lowest BCUT2D eigenvalue weighted by atomic mass is 9.98. The number of aliphatic imine (C=N–C) groups is 1. The quantitative estimate of drug-likeness (QED) is 0.345. The molecule has 0 amide bonds. The SMILES string of the molecule is CN=C(NCCCOC1CCCCC1)NCc1cccc(COC2CCOCC2)c1. The highest BCUT2D eigenvalue weighted by atomic mass is 16.5. The molecule has 1 aliphatic carbocycles. The fourth-order valence-corrected chi connectivity index (χ4v) is 4.05. The molecule has 2 fully saturated rings. The van der Waals surface area contributed by atoms with Crippen molar-refractivity contribution in [1.29, 1.82) is 0 Å². The average molecular weight is 418 g/mol.